The predicted molar refractivity (Wildman–Crippen MR) is 93.5 cm³/mol. The van der Waals surface area contributed by atoms with Crippen LogP contribution in [-0.4, -0.2) is 45.4 Å². The molecule has 1 atom stereocenters. The van der Waals surface area contributed by atoms with Crippen molar-refractivity contribution in [2.45, 2.75) is 38.2 Å². The van der Waals surface area contributed by atoms with Crippen molar-refractivity contribution in [2.75, 3.05) is 19.6 Å². The van der Waals surface area contributed by atoms with E-state index in [1.165, 1.54) is 5.56 Å². The Balaban J connectivity index is 1.49. The highest BCUT2D eigenvalue weighted by Gasteiger charge is 2.34. The highest BCUT2D eigenvalue weighted by atomic mass is 16.5. The van der Waals surface area contributed by atoms with Crippen LogP contribution in [0.1, 0.15) is 36.5 Å². The summed E-state index contributed by atoms with van der Waals surface area (Å²) >= 11 is 0. The second kappa shape index (κ2) is 7.73. The first kappa shape index (κ1) is 16.9. The molecule has 1 aliphatic rings. The number of hydrogen-bond donors (Lipinski definition) is 1. The SMILES string of the molecule is Cc1noc(CC2(O)CCCN(CCC=Cc3ccccc3)C2)n1. The Bertz CT molecular complexity index is 668. The summed E-state index contributed by atoms with van der Waals surface area (Å²) < 4.78 is 5.16. The lowest BCUT2D eigenvalue weighted by molar-refractivity contribution is -0.0343. The third kappa shape index (κ3) is 4.76. The van der Waals surface area contributed by atoms with Crippen molar-refractivity contribution < 1.29 is 9.63 Å². The fourth-order valence-corrected chi connectivity index (χ4v) is 3.28. The van der Waals surface area contributed by atoms with Gasteiger partial charge >= 0.3 is 0 Å². The number of hydrogen-bond acceptors (Lipinski definition) is 5. The van der Waals surface area contributed by atoms with Crippen molar-refractivity contribution in [1.82, 2.24) is 15.0 Å². The molecular weight excluding hydrogens is 302 g/mol. The largest absolute Gasteiger partial charge is 0.388 e. The van der Waals surface area contributed by atoms with Gasteiger partial charge in [-0.25, -0.2) is 0 Å². The van der Waals surface area contributed by atoms with Gasteiger partial charge in [-0.15, -0.1) is 0 Å². The van der Waals surface area contributed by atoms with Crippen LogP contribution in [0.5, 0.6) is 0 Å². The minimum Gasteiger partial charge on any atom is -0.388 e. The zero-order chi connectivity index (χ0) is 16.8. The Kier molecular flexibility index (Phi) is 5.43. The van der Waals surface area contributed by atoms with Crippen LogP contribution in [-0.2, 0) is 6.42 Å². The fraction of sp³-hybridized carbons (Fsp3) is 0.474. The van der Waals surface area contributed by atoms with Crippen molar-refractivity contribution >= 4 is 6.08 Å². The van der Waals surface area contributed by atoms with Crippen LogP contribution in [0.3, 0.4) is 0 Å². The molecule has 0 bridgehead atoms. The van der Waals surface area contributed by atoms with Crippen LogP contribution < -0.4 is 0 Å². The Labute approximate surface area is 143 Å². The van der Waals surface area contributed by atoms with Gasteiger partial charge in [0.1, 0.15) is 0 Å². The molecule has 2 aromatic rings. The molecule has 1 fully saturated rings. The van der Waals surface area contributed by atoms with Crippen LogP contribution in [0.15, 0.2) is 40.9 Å². The van der Waals surface area contributed by atoms with Crippen LogP contribution in [0.4, 0.5) is 0 Å². The molecule has 1 aliphatic heterocycles. The molecule has 5 nitrogen and oxygen atoms in total. The molecule has 0 saturated carbocycles. The molecule has 2 heterocycles. The van der Waals surface area contributed by atoms with E-state index in [1.54, 1.807) is 6.92 Å². The molecule has 3 rings (SSSR count). The number of aromatic nitrogens is 2. The number of nitrogens with zero attached hydrogens (tertiary/aromatic N) is 3. The van der Waals surface area contributed by atoms with Gasteiger partial charge in [-0.1, -0.05) is 47.6 Å². The van der Waals surface area contributed by atoms with Crippen molar-refractivity contribution in [3.8, 4) is 0 Å². The first-order valence-corrected chi connectivity index (χ1v) is 8.58. The summed E-state index contributed by atoms with van der Waals surface area (Å²) in [7, 11) is 0. The van der Waals surface area contributed by atoms with Gasteiger partial charge < -0.3 is 14.5 Å². The third-order valence-corrected chi connectivity index (χ3v) is 4.41. The van der Waals surface area contributed by atoms with Crippen LogP contribution in [0.2, 0.25) is 0 Å². The molecule has 0 aliphatic carbocycles. The number of likely N-dealkylation sites (tertiary alicyclic amines) is 1. The summed E-state index contributed by atoms with van der Waals surface area (Å²) in [6.45, 7) is 4.44. The van der Waals surface area contributed by atoms with E-state index in [-0.39, 0.29) is 0 Å². The Morgan fingerprint density at radius 2 is 2.17 bits per heavy atom. The van der Waals surface area contributed by atoms with Crippen molar-refractivity contribution in [2.24, 2.45) is 0 Å². The molecular formula is C19H25N3O2. The van der Waals surface area contributed by atoms with Gasteiger partial charge in [0.05, 0.1) is 12.0 Å². The molecule has 5 heteroatoms. The van der Waals surface area contributed by atoms with Crippen LogP contribution in [0, 0.1) is 6.92 Å². The third-order valence-electron chi connectivity index (χ3n) is 4.41. The van der Waals surface area contributed by atoms with E-state index < -0.39 is 5.60 Å². The fourth-order valence-electron chi connectivity index (χ4n) is 3.28. The van der Waals surface area contributed by atoms with Crippen LogP contribution in [0.25, 0.3) is 6.08 Å². The van der Waals surface area contributed by atoms with E-state index in [2.05, 4.69) is 39.3 Å². The zero-order valence-corrected chi connectivity index (χ0v) is 14.2. The summed E-state index contributed by atoms with van der Waals surface area (Å²) in [5.41, 5.74) is 0.458. The molecule has 0 spiro atoms. The lowest BCUT2D eigenvalue weighted by atomic mass is 9.89. The number of β-amino-alcohol motifs (C(OH)–C–C–N with tert-alkyl or cyclic N) is 1. The van der Waals surface area contributed by atoms with Gasteiger partial charge in [0.2, 0.25) is 5.89 Å². The molecule has 0 amide bonds. The number of benzene rings is 1. The molecule has 24 heavy (non-hydrogen) atoms. The minimum atomic E-state index is -0.764. The van der Waals surface area contributed by atoms with Gasteiger partial charge in [-0.05, 0) is 38.3 Å². The van der Waals surface area contributed by atoms with Gasteiger partial charge in [-0.3, -0.25) is 0 Å². The van der Waals surface area contributed by atoms with Crippen molar-refractivity contribution in [3.05, 3.63) is 53.7 Å². The maximum absolute atomic E-state index is 10.9. The van der Waals surface area contributed by atoms with Gasteiger partial charge in [0.15, 0.2) is 5.82 Å². The molecule has 1 aromatic heterocycles. The van der Waals surface area contributed by atoms with E-state index in [1.807, 2.05) is 18.2 Å². The van der Waals surface area contributed by atoms with E-state index in [4.69, 9.17) is 4.52 Å². The second-order valence-corrected chi connectivity index (χ2v) is 6.62. The smallest absolute Gasteiger partial charge is 0.229 e. The lowest BCUT2D eigenvalue weighted by Gasteiger charge is -2.38. The van der Waals surface area contributed by atoms with Gasteiger partial charge in [0.25, 0.3) is 0 Å². The average Bonchev–Trinajstić information content (AvgIpc) is 2.97. The number of piperidine rings is 1. The first-order chi connectivity index (χ1) is 11.6. The van der Waals surface area contributed by atoms with Crippen LogP contribution >= 0.6 is 0 Å². The summed E-state index contributed by atoms with van der Waals surface area (Å²) in [4.78, 5) is 6.54. The van der Waals surface area contributed by atoms with E-state index in [9.17, 15) is 5.11 Å². The maximum Gasteiger partial charge on any atom is 0.229 e. The minimum absolute atomic E-state index is 0.435. The maximum atomic E-state index is 10.9. The summed E-state index contributed by atoms with van der Waals surface area (Å²) in [5.74, 6) is 1.15. The highest BCUT2D eigenvalue weighted by molar-refractivity contribution is 5.48. The summed E-state index contributed by atoms with van der Waals surface area (Å²) in [6.07, 6.45) is 7.54. The van der Waals surface area contributed by atoms with Crippen molar-refractivity contribution in [3.63, 3.8) is 0 Å². The summed E-state index contributed by atoms with van der Waals surface area (Å²) in [5, 5.41) is 14.7. The number of rotatable bonds is 6. The number of aryl methyl sites for hydroxylation is 1. The van der Waals surface area contributed by atoms with Gasteiger partial charge in [0, 0.05) is 13.1 Å². The predicted octanol–water partition coefficient (Wildman–Crippen LogP) is 2.85. The quantitative estimate of drug-likeness (QED) is 0.884. The molecule has 1 N–H and O–H groups in total. The summed E-state index contributed by atoms with van der Waals surface area (Å²) in [6, 6.07) is 10.3. The van der Waals surface area contributed by atoms with E-state index in [0.29, 0.717) is 24.7 Å². The first-order valence-electron chi connectivity index (χ1n) is 8.58. The normalized spacial score (nSPS) is 22.2. The molecule has 1 aromatic carbocycles. The zero-order valence-electron chi connectivity index (χ0n) is 14.2. The average molecular weight is 327 g/mol. The molecule has 1 saturated heterocycles. The molecule has 128 valence electrons. The van der Waals surface area contributed by atoms with Crippen molar-refractivity contribution in [1.29, 1.82) is 0 Å². The Hall–Kier alpha value is -1.98. The monoisotopic (exact) mass is 327 g/mol. The second-order valence-electron chi connectivity index (χ2n) is 6.62. The highest BCUT2D eigenvalue weighted by Crippen LogP contribution is 2.25. The van der Waals surface area contributed by atoms with E-state index in [0.717, 1.165) is 32.4 Å². The van der Waals surface area contributed by atoms with Gasteiger partial charge in [-0.2, -0.15) is 4.98 Å². The molecule has 0 radical (unpaired) electrons. The van der Waals surface area contributed by atoms with E-state index >= 15 is 0 Å². The molecule has 1 unspecified atom stereocenters. The topological polar surface area (TPSA) is 62.4 Å². The number of aliphatic hydroxyl groups is 1. The Morgan fingerprint density at radius 1 is 1.33 bits per heavy atom. The Morgan fingerprint density at radius 3 is 2.92 bits per heavy atom. The standard InChI is InChI=1S/C19H25N3O2/c1-16-20-18(24-21-16)14-19(23)11-7-13-22(15-19)12-6-5-10-17-8-3-2-4-9-17/h2-5,8-10,23H,6-7,11-15H2,1H3. The lowest BCUT2D eigenvalue weighted by Crippen LogP contribution is -2.49.